The first-order valence-electron chi connectivity index (χ1n) is 12.2. The van der Waals surface area contributed by atoms with E-state index < -0.39 is 0 Å². The Kier molecular flexibility index (Phi) is 6.35. The van der Waals surface area contributed by atoms with E-state index in [1.54, 1.807) is 11.1 Å². The van der Waals surface area contributed by atoms with Crippen molar-refractivity contribution < 1.29 is 9.52 Å². The summed E-state index contributed by atoms with van der Waals surface area (Å²) in [5, 5.41) is 9.66. The Bertz CT molecular complexity index is 871. The number of aliphatic hydroxyl groups excluding tert-OH is 1. The number of hydrogen-bond acceptors (Lipinski definition) is 5. The summed E-state index contributed by atoms with van der Waals surface area (Å²) in [5.74, 6) is 2.01. The molecular weight excluding hydrogens is 386 g/mol. The third-order valence-corrected chi connectivity index (χ3v) is 7.68. The summed E-state index contributed by atoms with van der Waals surface area (Å²) in [5.41, 5.74) is 4.57. The Morgan fingerprint density at radius 1 is 1.00 bits per heavy atom. The van der Waals surface area contributed by atoms with Gasteiger partial charge in [0.15, 0.2) is 0 Å². The summed E-state index contributed by atoms with van der Waals surface area (Å²) in [6.07, 6.45) is 7.15. The second-order valence-electron chi connectivity index (χ2n) is 9.67. The Morgan fingerprint density at radius 3 is 2.61 bits per heavy atom. The maximum Gasteiger partial charge on any atom is 0.118 e. The zero-order valence-corrected chi connectivity index (χ0v) is 18.9. The van der Waals surface area contributed by atoms with Crippen LogP contribution in [0.3, 0.4) is 0 Å². The number of fused-ring (bicyclic) bond motifs is 1. The van der Waals surface area contributed by atoms with E-state index in [2.05, 4.69) is 39.0 Å². The second-order valence-corrected chi connectivity index (χ2v) is 9.67. The van der Waals surface area contributed by atoms with Crippen LogP contribution in [0, 0.1) is 6.92 Å². The Labute approximate surface area is 186 Å². The number of anilines is 1. The van der Waals surface area contributed by atoms with E-state index in [9.17, 15) is 5.11 Å². The van der Waals surface area contributed by atoms with Gasteiger partial charge in [-0.25, -0.2) is 0 Å². The lowest BCUT2D eigenvalue weighted by molar-refractivity contribution is 0.0220. The molecule has 5 nitrogen and oxygen atoms in total. The van der Waals surface area contributed by atoms with Gasteiger partial charge < -0.3 is 14.4 Å². The lowest BCUT2D eigenvalue weighted by atomic mass is 9.98. The number of hydrogen-bond donors (Lipinski definition) is 1. The molecule has 168 valence electrons. The van der Waals surface area contributed by atoms with Gasteiger partial charge in [0.05, 0.1) is 6.54 Å². The van der Waals surface area contributed by atoms with Crippen molar-refractivity contribution in [3.63, 3.8) is 0 Å². The van der Waals surface area contributed by atoms with Gasteiger partial charge in [-0.15, -0.1) is 0 Å². The number of nitrogens with zero attached hydrogens (tertiary/aromatic N) is 3. The molecule has 31 heavy (non-hydrogen) atoms. The molecule has 5 rings (SSSR count). The van der Waals surface area contributed by atoms with Gasteiger partial charge in [0.25, 0.3) is 0 Å². The first-order chi connectivity index (χ1) is 15.2. The normalized spacial score (nSPS) is 23.4. The smallest absolute Gasteiger partial charge is 0.118 e. The third kappa shape index (κ3) is 4.69. The van der Waals surface area contributed by atoms with Crippen LogP contribution in [-0.4, -0.2) is 66.3 Å². The molecule has 2 aromatic rings. The van der Waals surface area contributed by atoms with Crippen LogP contribution < -0.4 is 4.90 Å². The number of aryl methyl sites for hydroxylation is 3. The maximum atomic E-state index is 9.66. The molecule has 1 N–H and O–H groups in total. The van der Waals surface area contributed by atoms with Gasteiger partial charge in [-0.3, -0.25) is 9.80 Å². The molecular formula is C26H37N3O2. The standard InChI is InChI=1S/C26H37N3O2/c1-20-5-8-26(31-20)19-29-15-14-28(18-25(29)11-16-30)23-9-12-27(13-10-23)24-7-6-21-3-2-4-22(21)17-24/h5-8,17,23,25,30H,2-4,9-16,18-19H2,1H3. The molecule has 0 spiro atoms. The van der Waals surface area contributed by atoms with Crippen molar-refractivity contribution in [2.45, 2.75) is 64.1 Å². The largest absolute Gasteiger partial charge is 0.465 e. The first kappa shape index (κ1) is 21.0. The van der Waals surface area contributed by atoms with Gasteiger partial charge in [0.2, 0.25) is 0 Å². The van der Waals surface area contributed by atoms with Gasteiger partial charge in [-0.1, -0.05) is 6.07 Å². The summed E-state index contributed by atoms with van der Waals surface area (Å²) < 4.78 is 5.81. The van der Waals surface area contributed by atoms with Crippen LogP contribution in [0.2, 0.25) is 0 Å². The van der Waals surface area contributed by atoms with Gasteiger partial charge in [0, 0.05) is 57.1 Å². The van der Waals surface area contributed by atoms with Crippen LogP contribution in [0.1, 0.15) is 48.3 Å². The predicted octanol–water partition coefficient (Wildman–Crippen LogP) is 3.61. The molecule has 0 saturated carbocycles. The minimum atomic E-state index is 0.253. The fraction of sp³-hybridized carbons (Fsp3) is 0.615. The minimum Gasteiger partial charge on any atom is -0.465 e. The molecule has 0 amide bonds. The molecule has 0 radical (unpaired) electrons. The van der Waals surface area contributed by atoms with Crippen LogP contribution in [0.25, 0.3) is 0 Å². The number of piperazine rings is 1. The molecule has 0 bridgehead atoms. The monoisotopic (exact) mass is 423 g/mol. The molecule has 3 aliphatic rings. The molecule has 2 fully saturated rings. The van der Waals surface area contributed by atoms with Crippen LogP contribution >= 0.6 is 0 Å². The SMILES string of the molecule is Cc1ccc(CN2CCN(C3CCN(c4ccc5c(c4)CCC5)CC3)CC2CCO)o1. The second kappa shape index (κ2) is 9.35. The number of rotatable bonds is 6. The van der Waals surface area contributed by atoms with Crippen LogP contribution in [0.15, 0.2) is 34.7 Å². The average Bonchev–Trinajstić information content (AvgIpc) is 3.43. The fourth-order valence-electron chi connectivity index (χ4n) is 5.89. The molecule has 3 heterocycles. The number of piperidine rings is 1. The van der Waals surface area contributed by atoms with Crippen LogP contribution in [0.5, 0.6) is 0 Å². The van der Waals surface area contributed by atoms with Crippen molar-refractivity contribution in [3.8, 4) is 0 Å². The number of furan rings is 1. The molecule has 1 aliphatic carbocycles. The molecule has 1 aromatic carbocycles. The third-order valence-electron chi connectivity index (χ3n) is 7.68. The number of benzene rings is 1. The predicted molar refractivity (Wildman–Crippen MR) is 125 cm³/mol. The van der Waals surface area contributed by atoms with E-state index in [1.807, 2.05) is 13.0 Å². The molecule has 1 aromatic heterocycles. The molecule has 2 saturated heterocycles. The van der Waals surface area contributed by atoms with Crippen molar-refractivity contribution in [1.82, 2.24) is 9.80 Å². The van der Waals surface area contributed by atoms with E-state index in [4.69, 9.17) is 4.42 Å². The van der Waals surface area contributed by atoms with E-state index >= 15 is 0 Å². The summed E-state index contributed by atoms with van der Waals surface area (Å²) in [7, 11) is 0. The molecule has 1 unspecified atom stereocenters. The van der Waals surface area contributed by atoms with Crippen molar-refractivity contribution >= 4 is 5.69 Å². The van der Waals surface area contributed by atoms with Crippen molar-refractivity contribution in [2.75, 3.05) is 44.2 Å². The average molecular weight is 424 g/mol. The van der Waals surface area contributed by atoms with Crippen molar-refractivity contribution in [2.24, 2.45) is 0 Å². The molecule has 2 aliphatic heterocycles. The minimum absolute atomic E-state index is 0.253. The summed E-state index contributed by atoms with van der Waals surface area (Å²) in [4.78, 5) is 7.80. The highest BCUT2D eigenvalue weighted by molar-refractivity contribution is 5.52. The lowest BCUT2D eigenvalue weighted by Gasteiger charge is -2.46. The van der Waals surface area contributed by atoms with Gasteiger partial charge >= 0.3 is 0 Å². The topological polar surface area (TPSA) is 43.1 Å². The highest BCUT2D eigenvalue weighted by atomic mass is 16.3. The van der Waals surface area contributed by atoms with Crippen molar-refractivity contribution in [3.05, 3.63) is 53.0 Å². The van der Waals surface area contributed by atoms with Crippen LogP contribution in [-0.2, 0) is 19.4 Å². The fourth-order valence-corrected chi connectivity index (χ4v) is 5.89. The molecule has 5 heteroatoms. The highest BCUT2D eigenvalue weighted by Crippen LogP contribution is 2.30. The van der Waals surface area contributed by atoms with Gasteiger partial charge in [0.1, 0.15) is 11.5 Å². The summed E-state index contributed by atoms with van der Waals surface area (Å²) >= 11 is 0. The van der Waals surface area contributed by atoms with E-state index in [0.29, 0.717) is 12.1 Å². The zero-order valence-electron chi connectivity index (χ0n) is 18.9. The van der Waals surface area contributed by atoms with Gasteiger partial charge in [-0.05, 0) is 80.8 Å². The highest BCUT2D eigenvalue weighted by Gasteiger charge is 2.32. The molecule has 1 atom stereocenters. The van der Waals surface area contributed by atoms with Crippen LogP contribution in [0.4, 0.5) is 5.69 Å². The Balaban J connectivity index is 1.17. The zero-order chi connectivity index (χ0) is 21.2. The summed E-state index contributed by atoms with van der Waals surface area (Å²) in [6, 6.07) is 12.4. The van der Waals surface area contributed by atoms with Gasteiger partial charge in [-0.2, -0.15) is 0 Å². The first-order valence-corrected chi connectivity index (χ1v) is 12.2. The maximum absolute atomic E-state index is 9.66. The number of aliphatic hydroxyl groups is 1. The Hall–Kier alpha value is -1.82. The Morgan fingerprint density at radius 2 is 1.84 bits per heavy atom. The lowest BCUT2D eigenvalue weighted by Crippen LogP contribution is -2.57. The quantitative estimate of drug-likeness (QED) is 0.769. The van der Waals surface area contributed by atoms with E-state index in [1.165, 1.54) is 37.8 Å². The van der Waals surface area contributed by atoms with Crippen molar-refractivity contribution in [1.29, 1.82) is 0 Å². The summed E-state index contributed by atoms with van der Waals surface area (Å²) in [6.45, 7) is 8.64. The van der Waals surface area contributed by atoms with E-state index in [-0.39, 0.29) is 6.61 Å². The van der Waals surface area contributed by atoms with E-state index in [0.717, 1.165) is 57.2 Å².